The van der Waals surface area contributed by atoms with Crippen molar-refractivity contribution < 1.29 is 9.59 Å². The monoisotopic (exact) mass is 329 g/mol. The van der Waals surface area contributed by atoms with Gasteiger partial charge in [-0.15, -0.1) is 0 Å². The molecular formula is C17H19N3O2S. The van der Waals surface area contributed by atoms with Crippen molar-refractivity contribution in [2.45, 2.75) is 32.7 Å². The summed E-state index contributed by atoms with van der Waals surface area (Å²) in [6.07, 6.45) is 3.00. The number of carbonyl (C=O) groups is 2. The molecule has 1 aliphatic rings. The van der Waals surface area contributed by atoms with Crippen molar-refractivity contribution in [2.75, 3.05) is 5.32 Å². The van der Waals surface area contributed by atoms with Crippen LogP contribution in [-0.2, 0) is 11.3 Å². The standard InChI is InChI=1S/C17H19N3O2S/c1-11-14(16(22)18-10-12-6-3-2-4-7-12)23-17(19-11)20-15(21)13-8-5-9-13/h2-4,6-7,13H,5,8-10H2,1H3,(H,18,22)(H,19,20,21). The van der Waals surface area contributed by atoms with Gasteiger partial charge in [-0.2, -0.15) is 0 Å². The second-order valence-electron chi connectivity index (χ2n) is 5.72. The van der Waals surface area contributed by atoms with Crippen molar-refractivity contribution >= 4 is 28.3 Å². The van der Waals surface area contributed by atoms with Crippen LogP contribution >= 0.6 is 11.3 Å². The Morgan fingerprint density at radius 3 is 2.65 bits per heavy atom. The Bertz CT molecular complexity index is 708. The Labute approximate surface area is 139 Å². The van der Waals surface area contributed by atoms with Crippen LogP contribution in [0.25, 0.3) is 0 Å². The van der Waals surface area contributed by atoms with Crippen LogP contribution in [0.5, 0.6) is 0 Å². The summed E-state index contributed by atoms with van der Waals surface area (Å²) in [6.45, 7) is 2.26. The lowest BCUT2D eigenvalue weighted by Gasteiger charge is -2.23. The quantitative estimate of drug-likeness (QED) is 0.885. The number of aromatic nitrogens is 1. The van der Waals surface area contributed by atoms with Gasteiger partial charge in [-0.05, 0) is 25.3 Å². The van der Waals surface area contributed by atoms with Crippen LogP contribution in [0.2, 0.25) is 0 Å². The maximum atomic E-state index is 12.3. The lowest BCUT2D eigenvalue weighted by molar-refractivity contribution is -0.122. The third-order valence-electron chi connectivity index (χ3n) is 4.00. The molecule has 1 aromatic heterocycles. The molecule has 0 aliphatic heterocycles. The normalized spacial score (nSPS) is 14.1. The van der Waals surface area contributed by atoms with Gasteiger partial charge < -0.3 is 10.6 Å². The summed E-state index contributed by atoms with van der Waals surface area (Å²) in [5.41, 5.74) is 1.69. The summed E-state index contributed by atoms with van der Waals surface area (Å²) in [5, 5.41) is 6.21. The van der Waals surface area contributed by atoms with Crippen molar-refractivity contribution in [2.24, 2.45) is 5.92 Å². The molecule has 5 nitrogen and oxygen atoms in total. The first-order chi connectivity index (χ1) is 11.1. The van der Waals surface area contributed by atoms with Gasteiger partial charge >= 0.3 is 0 Å². The minimum atomic E-state index is -0.159. The number of carbonyl (C=O) groups excluding carboxylic acids is 2. The molecule has 120 valence electrons. The van der Waals surface area contributed by atoms with E-state index < -0.39 is 0 Å². The van der Waals surface area contributed by atoms with Crippen molar-refractivity contribution in [3.8, 4) is 0 Å². The first-order valence-electron chi connectivity index (χ1n) is 7.74. The van der Waals surface area contributed by atoms with E-state index in [4.69, 9.17) is 0 Å². The SMILES string of the molecule is Cc1nc(NC(=O)C2CCC2)sc1C(=O)NCc1ccccc1. The Balaban J connectivity index is 1.60. The van der Waals surface area contributed by atoms with E-state index in [2.05, 4.69) is 15.6 Å². The maximum absolute atomic E-state index is 12.3. The van der Waals surface area contributed by atoms with Gasteiger partial charge in [0.25, 0.3) is 5.91 Å². The number of nitrogens with one attached hydrogen (secondary N) is 2. The Hall–Kier alpha value is -2.21. The zero-order chi connectivity index (χ0) is 16.2. The number of rotatable bonds is 5. The average molecular weight is 329 g/mol. The van der Waals surface area contributed by atoms with E-state index in [0.29, 0.717) is 22.2 Å². The number of thiazole rings is 1. The first-order valence-corrected chi connectivity index (χ1v) is 8.55. The van der Waals surface area contributed by atoms with Gasteiger partial charge in [0, 0.05) is 12.5 Å². The van der Waals surface area contributed by atoms with E-state index in [1.165, 1.54) is 11.3 Å². The average Bonchev–Trinajstić information content (AvgIpc) is 2.84. The number of hydrogen-bond acceptors (Lipinski definition) is 4. The van der Waals surface area contributed by atoms with E-state index in [1.54, 1.807) is 6.92 Å². The molecule has 0 bridgehead atoms. The van der Waals surface area contributed by atoms with Gasteiger partial charge in [-0.3, -0.25) is 9.59 Å². The number of hydrogen-bond donors (Lipinski definition) is 2. The molecule has 2 aromatic rings. The molecule has 1 aromatic carbocycles. The van der Waals surface area contributed by atoms with Gasteiger partial charge in [0.15, 0.2) is 5.13 Å². The van der Waals surface area contributed by atoms with Crippen LogP contribution in [0.1, 0.15) is 40.2 Å². The lowest BCUT2D eigenvalue weighted by Crippen LogP contribution is -2.27. The van der Waals surface area contributed by atoms with Gasteiger partial charge in [-0.25, -0.2) is 4.98 Å². The van der Waals surface area contributed by atoms with Gasteiger partial charge in [0.1, 0.15) is 4.88 Å². The Kier molecular flexibility index (Phi) is 4.71. The smallest absolute Gasteiger partial charge is 0.263 e. The molecule has 2 amide bonds. The predicted octanol–water partition coefficient (Wildman–Crippen LogP) is 3.12. The van der Waals surface area contributed by atoms with Crippen LogP contribution in [0.4, 0.5) is 5.13 Å². The molecule has 3 rings (SSSR count). The summed E-state index contributed by atoms with van der Waals surface area (Å²) < 4.78 is 0. The highest BCUT2D eigenvalue weighted by atomic mass is 32.1. The molecule has 0 spiro atoms. The molecule has 2 N–H and O–H groups in total. The van der Waals surface area contributed by atoms with E-state index in [9.17, 15) is 9.59 Å². The van der Waals surface area contributed by atoms with E-state index >= 15 is 0 Å². The second kappa shape index (κ2) is 6.91. The number of anilines is 1. The zero-order valence-electron chi connectivity index (χ0n) is 13.0. The summed E-state index contributed by atoms with van der Waals surface area (Å²) >= 11 is 1.23. The fourth-order valence-corrected chi connectivity index (χ4v) is 3.28. The van der Waals surface area contributed by atoms with E-state index in [1.807, 2.05) is 30.3 Å². The number of benzene rings is 1. The lowest BCUT2D eigenvalue weighted by atomic mass is 9.85. The van der Waals surface area contributed by atoms with Crippen molar-refractivity contribution in [3.05, 3.63) is 46.5 Å². The van der Waals surface area contributed by atoms with Crippen molar-refractivity contribution in [1.82, 2.24) is 10.3 Å². The van der Waals surface area contributed by atoms with Gasteiger partial charge in [0.05, 0.1) is 5.69 Å². The van der Waals surface area contributed by atoms with Gasteiger partial charge in [0.2, 0.25) is 5.91 Å². The second-order valence-corrected chi connectivity index (χ2v) is 6.72. The maximum Gasteiger partial charge on any atom is 0.263 e. The minimum Gasteiger partial charge on any atom is -0.347 e. The number of amides is 2. The highest BCUT2D eigenvalue weighted by Gasteiger charge is 2.26. The van der Waals surface area contributed by atoms with Crippen LogP contribution in [-0.4, -0.2) is 16.8 Å². The van der Waals surface area contributed by atoms with Crippen molar-refractivity contribution in [1.29, 1.82) is 0 Å². The van der Waals surface area contributed by atoms with Crippen LogP contribution in [0.15, 0.2) is 30.3 Å². The molecule has 6 heteroatoms. The van der Waals surface area contributed by atoms with Gasteiger partial charge in [-0.1, -0.05) is 48.1 Å². The first kappa shape index (κ1) is 15.7. The van der Waals surface area contributed by atoms with E-state index in [0.717, 1.165) is 24.8 Å². The molecule has 1 saturated carbocycles. The molecule has 1 aliphatic carbocycles. The number of aryl methyl sites for hydroxylation is 1. The third kappa shape index (κ3) is 3.76. The van der Waals surface area contributed by atoms with Crippen LogP contribution in [0.3, 0.4) is 0 Å². The molecule has 1 fully saturated rings. The minimum absolute atomic E-state index is 0.0150. The highest BCUT2D eigenvalue weighted by molar-refractivity contribution is 7.17. The largest absolute Gasteiger partial charge is 0.347 e. The molecular weight excluding hydrogens is 310 g/mol. The summed E-state index contributed by atoms with van der Waals surface area (Å²) in [4.78, 5) is 29.1. The van der Waals surface area contributed by atoms with Crippen LogP contribution in [0, 0.1) is 12.8 Å². The molecule has 23 heavy (non-hydrogen) atoms. The van der Waals surface area contributed by atoms with E-state index in [-0.39, 0.29) is 17.7 Å². The topological polar surface area (TPSA) is 71.1 Å². The fourth-order valence-electron chi connectivity index (χ4n) is 2.40. The summed E-state index contributed by atoms with van der Waals surface area (Å²) in [6, 6.07) is 9.74. The molecule has 0 atom stereocenters. The molecule has 1 heterocycles. The fraction of sp³-hybridized carbons (Fsp3) is 0.353. The van der Waals surface area contributed by atoms with Crippen LogP contribution < -0.4 is 10.6 Å². The predicted molar refractivity (Wildman–Crippen MR) is 90.4 cm³/mol. The zero-order valence-corrected chi connectivity index (χ0v) is 13.8. The number of nitrogens with zero attached hydrogens (tertiary/aromatic N) is 1. The Morgan fingerprint density at radius 2 is 2.00 bits per heavy atom. The molecule has 0 radical (unpaired) electrons. The highest BCUT2D eigenvalue weighted by Crippen LogP contribution is 2.29. The summed E-state index contributed by atoms with van der Waals surface area (Å²) in [7, 11) is 0. The van der Waals surface area contributed by atoms with Crippen molar-refractivity contribution in [3.63, 3.8) is 0 Å². The summed E-state index contributed by atoms with van der Waals surface area (Å²) in [5.74, 6) is -0.0381. The molecule has 0 saturated heterocycles. The third-order valence-corrected chi connectivity index (χ3v) is 5.08. The Morgan fingerprint density at radius 1 is 1.26 bits per heavy atom. The molecule has 0 unspecified atom stereocenters.